The Morgan fingerprint density at radius 1 is 1.29 bits per heavy atom. The van der Waals surface area contributed by atoms with Crippen LogP contribution in [0.25, 0.3) is 11.0 Å². The molecule has 0 unspecified atom stereocenters. The average Bonchev–Trinajstić information content (AvgIpc) is 2.57. The van der Waals surface area contributed by atoms with Crippen molar-refractivity contribution in [3.05, 3.63) is 29.6 Å². The molecular weight excluding hydrogens is 210 g/mol. The van der Waals surface area contributed by atoms with Gasteiger partial charge in [0.05, 0.1) is 11.0 Å². The van der Waals surface area contributed by atoms with E-state index in [1.54, 1.807) is 0 Å². The van der Waals surface area contributed by atoms with Gasteiger partial charge in [0.25, 0.3) is 0 Å². The van der Waals surface area contributed by atoms with E-state index in [-0.39, 0.29) is 5.54 Å². The third-order valence-electron chi connectivity index (χ3n) is 2.70. The second-order valence-electron chi connectivity index (χ2n) is 5.63. The minimum absolute atomic E-state index is 0.169. The van der Waals surface area contributed by atoms with Gasteiger partial charge < -0.3 is 10.3 Å². The van der Waals surface area contributed by atoms with Gasteiger partial charge in [-0.05, 0) is 45.4 Å². The number of nitrogens with zero attached hydrogens (tertiary/aromatic N) is 1. The molecular formula is C14H21N3. The number of hydrogen-bond acceptors (Lipinski definition) is 2. The SMILES string of the molecule is Cc1ccc2nc(CCNC(C)(C)C)[nH]c2c1. The number of rotatable bonds is 3. The number of aryl methyl sites for hydroxylation is 1. The number of H-pyrrole nitrogens is 1. The van der Waals surface area contributed by atoms with E-state index < -0.39 is 0 Å². The number of nitrogens with one attached hydrogen (secondary N) is 2. The smallest absolute Gasteiger partial charge is 0.108 e. The van der Waals surface area contributed by atoms with E-state index in [0.717, 1.165) is 29.8 Å². The van der Waals surface area contributed by atoms with Gasteiger partial charge in [0, 0.05) is 18.5 Å². The van der Waals surface area contributed by atoms with Crippen LogP contribution in [0.3, 0.4) is 0 Å². The van der Waals surface area contributed by atoms with Crippen molar-refractivity contribution in [2.75, 3.05) is 6.54 Å². The van der Waals surface area contributed by atoms with Crippen LogP contribution in [-0.4, -0.2) is 22.1 Å². The molecule has 0 aliphatic heterocycles. The molecule has 0 aliphatic rings. The van der Waals surface area contributed by atoms with Crippen molar-refractivity contribution in [3.8, 4) is 0 Å². The summed E-state index contributed by atoms with van der Waals surface area (Å²) in [7, 11) is 0. The molecule has 1 aromatic heterocycles. The van der Waals surface area contributed by atoms with Crippen LogP contribution in [0.5, 0.6) is 0 Å². The minimum atomic E-state index is 0.169. The molecule has 0 radical (unpaired) electrons. The molecule has 0 atom stereocenters. The van der Waals surface area contributed by atoms with E-state index in [9.17, 15) is 0 Å². The Morgan fingerprint density at radius 2 is 2.06 bits per heavy atom. The van der Waals surface area contributed by atoms with Crippen molar-refractivity contribution >= 4 is 11.0 Å². The van der Waals surface area contributed by atoms with Crippen LogP contribution >= 0.6 is 0 Å². The fourth-order valence-electron chi connectivity index (χ4n) is 1.85. The molecule has 3 nitrogen and oxygen atoms in total. The molecule has 0 aliphatic carbocycles. The highest BCUT2D eigenvalue weighted by atomic mass is 15.0. The maximum Gasteiger partial charge on any atom is 0.108 e. The minimum Gasteiger partial charge on any atom is -0.342 e. The molecule has 0 bridgehead atoms. The monoisotopic (exact) mass is 231 g/mol. The second-order valence-corrected chi connectivity index (χ2v) is 5.63. The van der Waals surface area contributed by atoms with E-state index in [0.29, 0.717) is 0 Å². The molecule has 0 spiro atoms. The normalized spacial score (nSPS) is 12.2. The van der Waals surface area contributed by atoms with E-state index in [2.05, 4.69) is 61.2 Å². The lowest BCUT2D eigenvalue weighted by Crippen LogP contribution is -2.37. The molecule has 2 rings (SSSR count). The van der Waals surface area contributed by atoms with Gasteiger partial charge in [-0.3, -0.25) is 0 Å². The van der Waals surface area contributed by atoms with Crippen molar-refractivity contribution in [2.45, 2.75) is 39.7 Å². The lowest BCUT2D eigenvalue weighted by atomic mass is 10.1. The zero-order chi connectivity index (χ0) is 12.5. The zero-order valence-corrected chi connectivity index (χ0v) is 11.1. The summed E-state index contributed by atoms with van der Waals surface area (Å²) in [5.74, 6) is 1.06. The summed E-state index contributed by atoms with van der Waals surface area (Å²) >= 11 is 0. The summed E-state index contributed by atoms with van der Waals surface area (Å²) < 4.78 is 0. The van der Waals surface area contributed by atoms with E-state index >= 15 is 0 Å². The lowest BCUT2D eigenvalue weighted by molar-refractivity contribution is 0.428. The van der Waals surface area contributed by atoms with E-state index in [1.807, 2.05) is 0 Å². The summed E-state index contributed by atoms with van der Waals surface area (Å²) in [6.45, 7) is 9.57. The van der Waals surface area contributed by atoms with Crippen LogP contribution in [-0.2, 0) is 6.42 Å². The van der Waals surface area contributed by atoms with Gasteiger partial charge in [0.15, 0.2) is 0 Å². The fourth-order valence-corrected chi connectivity index (χ4v) is 1.85. The van der Waals surface area contributed by atoms with Gasteiger partial charge in [-0.15, -0.1) is 0 Å². The highest BCUT2D eigenvalue weighted by Gasteiger charge is 2.09. The number of benzene rings is 1. The molecule has 3 heteroatoms. The van der Waals surface area contributed by atoms with Gasteiger partial charge in [-0.25, -0.2) is 4.98 Å². The van der Waals surface area contributed by atoms with Crippen LogP contribution in [0.1, 0.15) is 32.2 Å². The number of hydrogen-bond donors (Lipinski definition) is 2. The van der Waals surface area contributed by atoms with Crippen molar-refractivity contribution in [1.29, 1.82) is 0 Å². The molecule has 0 amide bonds. The highest BCUT2D eigenvalue weighted by molar-refractivity contribution is 5.75. The average molecular weight is 231 g/mol. The number of aromatic nitrogens is 2. The van der Waals surface area contributed by atoms with Gasteiger partial charge >= 0.3 is 0 Å². The van der Waals surface area contributed by atoms with E-state index in [4.69, 9.17) is 0 Å². The number of imidazole rings is 1. The lowest BCUT2D eigenvalue weighted by Gasteiger charge is -2.19. The Balaban J connectivity index is 2.05. The first-order valence-electron chi connectivity index (χ1n) is 6.14. The molecule has 1 heterocycles. The topological polar surface area (TPSA) is 40.7 Å². The van der Waals surface area contributed by atoms with Gasteiger partial charge in [0.1, 0.15) is 5.82 Å². The fraction of sp³-hybridized carbons (Fsp3) is 0.500. The summed E-state index contributed by atoms with van der Waals surface area (Å²) in [4.78, 5) is 7.95. The number of fused-ring (bicyclic) bond motifs is 1. The molecule has 0 saturated heterocycles. The standard InChI is InChI=1S/C14H21N3/c1-10-5-6-11-12(9-10)17-13(16-11)7-8-15-14(2,3)4/h5-6,9,15H,7-8H2,1-4H3,(H,16,17). The van der Waals surface area contributed by atoms with Crippen LogP contribution in [0.15, 0.2) is 18.2 Å². The van der Waals surface area contributed by atoms with Crippen molar-refractivity contribution in [1.82, 2.24) is 15.3 Å². The molecule has 2 N–H and O–H groups in total. The molecule has 2 aromatic rings. The number of aromatic amines is 1. The van der Waals surface area contributed by atoms with Gasteiger partial charge in [0.2, 0.25) is 0 Å². The first-order valence-corrected chi connectivity index (χ1v) is 6.14. The summed E-state index contributed by atoms with van der Waals surface area (Å²) in [6.07, 6.45) is 0.936. The van der Waals surface area contributed by atoms with Crippen molar-refractivity contribution in [2.24, 2.45) is 0 Å². The predicted molar refractivity (Wildman–Crippen MR) is 72.3 cm³/mol. The maximum atomic E-state index is 4.58. The van der Waals surface area contributed by atoms with Gasteiger partial charge in [-0.1, -0.05) is 6.07 Å². The van der Waals surface area contributed by atoms with Crippen LogP contribution < -0.4 is 5.32 Å². The Kier molecular flexibility index (Phi) is 3.20. The first kappa shape index (κ1) is 12.1. The van der Waals surface area contributed by atoms with Crippen LogP contribution in [0, 0.1) is 6.92 Å². The molecule has 1 aromatic carbocycles. The van der Waals surface area contributed by atoms with Crippen LogP contribution in [0.2, 0.25) is 0 Å². The largest absolute Gasteiger partial charge is 0.342 e. The predicted octanol–water partition coefficient (Wildman–Crippen LogP) is 2.80. The van der Waals surface area contributed by atoms with Crippen LogP contribution in [0.4, 0.5) is 0 Å². The third kappa shape index (κ3) is 3.30. The quantitative estimate of drug-likeness (QED) is 0.852. The summed E-state index contributed by atoms with van der Waals surface area (Å²) in [5.41, 5.74) is 3.63. The molecule has 0 fully saturated rings. The first-order chi connectivity index (χ1) is 7.94. The summed E-state index contributed by atoms with van der Waals surface area (Å²) in [6, 6.07) is 6.31. The third-order valence-corrected chi connectivity index (χ3v) is 2.70. The molecule has 0 saturated carbocycles. The van der Waals surface area contributed by atoms with Crippen molar-refractivity contribution in [3.63, 3.8) is 0 Å². The Morgan fingerprint density at radius 3 is 2.76 bits per heavy atom. The highest BCUT2D eigenvalue weighted by Crippen LogP contribution is 2.13. The summed E-state index contributed by atoms with van der Waals surface area (Å²) in [5, 5.41) is 3.47. The van der Waals surface area contributed by atoms with Gasteiger partial charge in [-0.2, -0.15) is 0 Å². The Bertz CT molecular complexity index is 506. The Hall–Kier alpha value is -1.35. The van der Waals surface area contributed by atoms with Crippen molar-refractivity contribution < 1.29 is 0 Å². The molecule has 92 valence electrons. The maximum absolute atomic E-state index is 4.58. The second kappa shape index (κ2) is 4.49. The molecule has 17 heavy (non-hydrogen) atoms. The van der Waals surface area contributed by atoms with E-state index in [1.165, 1.54) is 5.56 Å². The Labute approximate surface area is 103 Å². The zero-order valence-electron chi connectivity index (χ0n) is 11.1.